The molecular weight excluding hydrogens is 384 g/mol. The van der Waals surface area contributed by atoms with Crippen molar-refractivity contribution in [3.05, 3.63) is 42.5 Å². The van der Waals surface area contributed by atoms with Crippen molar-refractivity contribution < 1.29 is 27.4 Å². The molecule has 28 heavy (non-hydrogen) atoms. The van der Waals surface area contributed by atoms with Crippen LogP contribution in [0.25, 0.3) is 0 Å². The summed E-state index contributed by atoms with van der Waals surface area (Å²) in [7, 11) is 0.622. The largest absolute Gasteiger partial charge is 0.497 e. The Bertz CT molecular complexity index is 976. The molecule has 1 amide bonds. The molecular formula is C19H22N2O6S. The van der Waals surface area contributed by atoms with Gasteiger partial charge in [0.05, 0.1) is 26.2 Å². The highest BCUT2D eigenvalue weighted by Crippen LogP contribution is 2.30. The van der Waals surface area contributed by atoms with Gasteiger partial charge in [-0.05, 0) is 24.3 Å². The third-order valence-electron chi connectivity index (χ3n) is 4.48. The smallest absolute Gasteiger partial charge is 0.241 e. The molecule has 1 aliphatic heterocycles. The molecule has 0 spiro atoms. The number of ether oxygens (including phenoxy) is 3. The molecule has 1 fully saturated rings. The van der Waals surface area contributed by atoms with Crippen molar-refractivity contribution in [1.29, 1.82) is 0 Å². The van der Waals surface area contributed by atoms with Crippen LogP contribution in [-0.2, 0) is 14.8 Å². The van der Waals surface area contributed by atoms with Gasteiger partial charge in [0.25, 0.3) is 0 Å². The highest BCUT2D eigenvalue weighted by atomic mass is 32.2. The number of nitrogens with one attached hydrogen (secondary N) is 1. The highest BCUT2D eigenvalue weighted by Gasteiger charge is 2.34. The van der Waals surface area contributed by atoms with E-state index in [1.54, 1.807) is 36.3 Å². The molecule has 150 valence electrons. The van der Waals surface area contributed by atoms with E-state index in [2.05, 4.69) is 4.72 Å². The summed E-state index contributed by atoms with van der Waals surface area (Å²) in [5.41, 5.74) is 0.664. The van der Waals surface area contributed by atoms with E-state index in [9.17, 15) is 13.2 Å². The summed E-state index contributed by atoms with van der Waals surface area (Å²) in [5.74, 6) is 1.21. The van der Waals surface area contributed by atoms with Gasteiger partial charge in [0, 0.05) is 36.8 Å². The average molecular weight is 406 g/mol. The Kier molecular flexibility index (Phi) is 5.76. The van der Waals surface area contributed by atoms with Gasteiger partial charge in [0.1, 0.15) is 5.75 Å². The molecule has 3 rings (SSSR count). The van der Waals surface area contributed by atoms with E-state index in [-0.39, 0.29) is 23.8 Å². The molecule has 0 saturated carbocycles. The SMILES string of the molecule is COc1cccc(N2C[C@@H](NS(=O)(=O)c3ccc(OC)c(OC)c3)CC2=O)c1. The Balaban J connectivity index is 1.77. The lowest BCUT2D eigenvalue weighted by atomic mass is 10.3. The zero-order chi connectivity index (χ0) is 20.3. The van der Waals surface area contributed by atoms with Crippen LogP contribution in [-0.4, -0.2) is 48.2 Å². The summed E-state index contributed by atoms with van der Waals surface area (Å²) in [5, 5.41) is 0. The molecule has 1 atom stereocenters. The second-order valence-corrected chi connectivity index (χ2v) is 7.96. The third-order valence-corrected chi connectivity index (χ3v) is 6.00. The maximum Gasteiger partial charge on any atom is 0.241 e. The Morgan fingerprint density at radius 1 is 1.00 bits per heavy atom. The zero-order valence-corrected chi connectivity index (χ0v) is 16.7. The normalized spacial score (nSPS) is 16.9. The molecule has 0 unspecified atom stereocenters. The number of nitrogens with zero attached hydrogens (tertiary/aromatic N) is 1. The molecule has 0 aliphatic carbocycles. The fourth-order valence-electron chi connectivity index (χ4n) is 3.09. The van der Waals surface area contributed by atoms with Gasteiger partial charge in [-0.2, -0.15) is 0 Å². The Labute approximate surface area is 164 Å². The van der Waals surface area contributed by atoms with Crippen LogP contribution in [0.5, 0.6) is 17.2 Å². The number of amides is 1. The summed E-state index contributed by atoms with van der Waals surface area (Å²) in [6.45, 7) is 0.235. The van der Waals surface area contributed by atoms with Gasteiger partial charge < -0.3 is 19.1 Å². The minimum Gasteiger partial charge on any atom is -0.497 e. The van der Waals surface area contributed by atoms with Gasteiger partial charge in [0.2, 0.25) is 15.9 Å². The molecule has 9 heteroatoms. The van der Waals surface area contributed by atoms with E-state index in [0.29, 0.717) is 22.9 Å². The molecule has 0 radical (unpaired) electrons. The van der Waals surface area contributed by atoms with Crippen LogP contribution in [0.2, 0.25) is 0 Å². The van der Waals surface area contributed by atoms with Crippen molar-refractivity contribution in [1.82, 2.24) is 4.72 Å². The summed E-state index contributed by atoms with van der Waals surface area (Å²) >= 11 is 0. The number of anilines is 1. The van der Waals surface area contributed by atoms with Gasteiger partial charge in [-0.3, -0.25) is 4.79 Å². The Hall–Kier alpha value is -2.78. The van der Waals surface area contributed by atoms with Crippen molar-refractivity contribution in [2.75, 3.05) is 32.8 Å². The molecule has 1 aliphatic rings. The van der Waals surface area contributed by atoms with Crippen molar-refractivity contribution in [2.24, 2.45) is 0 Å². The van der Waals surface area contributed by atoms with Crippen LogP contribution in [0.3, 0.4) is 0 Å². The number of rotatable bonds is 7. The quantitative estimate of drug-likeness (QED) is 0.754. The number of sulfonamides is 1. The number of carbonyl (C=O) groups is 1. The maximum absolute atomic E-state index is 12.7. The first kappa shape index (κ1) is 20.0. The second kappa shape index (κ2) is 8.07. The highest BCUT2D eigenvalue weighted by molar-refractivity contribution is 7.89. The van der Waals surface area contributed by atoms with Gasteiger partial charge in [-0.25, -0.2) is 13.1 Å². The predicted octanol–water partition coefficient (Wildman–Crippen LogP) is 1.80. The number of hydrogen-bond donors (Lipinski definition) is 1. The van der Waals surface area contributed by atoms with E-state index in [1.165, 1.54) is 32.4 Å². The van der Waals surface area contributed by atoms with Crippen LogP contribution >= 0.6 is 0 Å². The average Bonchev–Trinajstić information content (AvgIpc) is 3.06. The third kappa shape index (κ3) is 4.05. The first-order chi connectivity index (χ1) is 13.4. The van der Waals surface area contributed by atoms with Crippen molar-refractivity contribution in [3.8, 4) is 17.2 Å². The zero-order valence-electron chi connectivity index (χ0n) is 15.8. The molecule has 2 aromatic rings. The van der Waals surface area contributed by atoms with Crippen molar-refractivity contribution in [3.63, 3.8) is 0 Å². The molecule has 1 N–H and O–H groups in total. The maximum atomic E-state index is 12.7. The number of hydrogen-bond acceptors (Lipinski definition) is 6. The van der Waals surface area contributed by atoms with Crippen molar-refractivity contribution in [2.45, 2.75) is 17.4 Å². The molecule has 0 bridgehead atoms. The summed E-state index contributed by atoms with van der Waals surface area (Å²) in [6, 6.07) is 10.9. The molecule has 8 nitrogen and oxygen atoms in total. The van der Waals surface area contributed by atoms with Gasteiger partial charge >= 0.3 is 0 Å². The lowest BCUT2D eigenvalue weighted by Crippen LogP contribution is -2.37. The lowest BCUT2D eigenvalue weighted by Gasteiger charge is -2.18. The standard InChI is InChI=1S/C19H22N2O6S/c1-25-15-6-4-5-14(10-15)21-12-13(9-19(21)22)20-28(23,24)16-7-8-17(26-2)18(11-16)27-3/h4-8,10-11,13,20H,9,12H2,1-3H3/t13-/m0/s1. The molecule has 0 aromatic heterocycles. The van der Waals surface area contributed by atoms with Crippen molar-refractivity contribution >= 4 is 21.6 Å². The lowest BCUT2D eigenvalue weighted by molar-refractivity contribution is -0.117. The van der Waals surface area contributed by atoms with Crippen LogP contribution in [0.15, 0.2) is 47.4 Å². The minimum atomic E-state index is -3.83. The monoisotopic (exact) mass is 406 g/mol. The Morgan fingerprint density at radius 2 is 1.75 bits per heavy atom. The van der Waals surface area contributed by atoms with E-state index in [0.717, 1.165) is 0 Å². The van der Waals surface area contributed by atoms with Gasteiger partial charge in [0.15, 0.2) is 11.5 Å². The summed E-state index contributed by atoms with van der Waals surface area (Å²) in [4.78, 5) is 14.0. The topological polar surface area (TPSA) is 94.2 Å². The van der Waals surface area contributed by atoms with Crippen LogP contribution in [0, 0.1) is 0 Å². The summed E-state index contributed by atoms with van der Waals surface area (Å²) < 4.78 is 43.6. The summed E-state index contributed by atoms with van der Waals surface area (Å²) in [6.07, 6.45) is 0.0731. The molecule has 2 aromatic carbocycles. The van der Waals surface area contributed by atoms with E-state index >= 15 is 0 Å². The molecule has 1 heterocycles. The first-order valence-electron chi connectivity index (χ1n) is 8.56. The first-order valence-corrected chi connectivity index (χ1v) is 10.0. The predicted molar refractivity (Wildman–Crippen MR) is 104 cm³/mol. The van der Waals surface area contributed by atoms with E-state index in [4.69, 9.17) is 14.2 Å². The van der Waals surface area contributed by atoms with Gasteiger partial charge in [-0.15, -0.1) is 0 Å². The number of benzene rings is 2. The fraction of sp³-hybridized carbons (Fsp3) is 0.316. The van der Waals surface area contributed by atoms with Crippen LogP contribution in [0.4, 0.5) is 5.69 Å². The van der Waals surface area contributed by atoms with E-state index in [1.807, 2.05) is 0 Å². The minimum absolute atomic E-state index is 0.0393. The number of methoxy groups -OCH3 is 3. The van der Waals surface area contributed by atoms with Crippen LogP contribution < -0.4 is 23.8 Å². The Morgan fingerprint density at radius 3 is 2.43 bits per heavy atom. The van der Waals surface area contributed by atoms with E-state index < -0.39 is 16.1 Å². The van der Waals surface area contributed by atoms with Gasteiger partial charge in [-0.1, -0.05) is 6.07 Å². The fourth-order valence-corrected chi connectivity index (χ4v) is 4.33. The number of carbonyl (C=O) groups excluding carboxylic acids is 1. The van der Waals surface area contributed by atoms with Crippen LogP contribution in [0.1, 0.15) is 6.42 Å². The molecule has 1 saturated heterocycles. The second-order valence-electron chi connectivity index (χ2n) is 6.24.